The van der Waals surface area contributed by atoms with E-state index in [-0.39, 0.29) is 11.7 Å². The molecule has 21 heavy (non-hydrogen) atoms. The molecular weight excluding hydrogens is 262 g/mol. The summed E-state index contributed by atoms with van der Waals surface area (Å²) in [6, 6.07) is 17.0. The van der Waals surface area contributed by atoms with Gasteiger partial charge in [-0.3, -0.25) is 4.79 Å². The second-order valence-corrected chi connectivity index (χ2v) is 5.22. The Balaban J connectivity index is 2.24. The lowest BCUT2D eigenvalue weighted by Gasteiger charge is -2.16. The zero-order valence-corrected chi connectivity index (χ0v) is 11.9. The van der Waals surface area contributed by atoms with Gasteiger partial charge in [-0.1, -0.05) is 54.6 Å². The summed E-state index contributed by atoms with van der Waals surface area (Å²) in [5.74, 6) is -0.0943. The maximum absolute atomic E-state index is 12.6. The average molecular weight is 279 g/mol. The summed E-state index contributed by atoms with van der Waals surface area (Å²) in [7, 11) is 1.77. The molecular formula is C18H17NO2. The molecule has 1 amide bonds. The van der Waals surface area contributed by atoms with Crippen LogP contribution in [0.25, 0.3) is 11.3 Å². The van der Waals surface area contributed by atoms with Crippen LogP contribution in [0.15, 0.2) is 54.6 Å². The van der Waals surface area contributed by atoms with E-state index in [1.807, 2.05) is 54.6 Å². The van der Waals surface area contributed by atoms with E-state index < -0.39 is 0 Å². The number of carbonyl (C=O) groups excluding carboxylic acids is 1. The summed E-state index contributed by atoms with van der Waals surface area (Å²) < 4.78 is 0. The van der Waals surface area contributed by atoms with Gasteiger partial charge >= 0.3 is 0 Å². The highest BCUT2D eigenvalue weighted by Crippen LogP contribution is 2.30. The molecule has 0 atom stereocenters. The second kappa shape index (κ2) is 5.44. The highest BCUT2D eigenvalue weighted by Gasteiger charge is 2.26. The van der Waals surface area contributed by atoms with Gasteiger partial charge in [-0.2, -0.15) is 0 Å². The first-order chi connectivity index (χ1) is 10.2. The Morgan fingerprint density at radius 3 is 2.48 bits per heavy atom. The van der Waals surface area contributed by atoms with Gasteiger partial charge in [-0.25, -0.2) is 0 Å². The van der Waals surface area contributed by atoms with Crippen molar-refractivity contribution in [2.45, 2.75) is 6.42 Å². The van der Waals surface area contributed by atoms with E-state index in [1.54, 1.807) is 11.9 Å². The van der Waals surface area contributed by atoms with Crippen LogP contribution in [-0.2, 0) is 11.2 Å². The van der Waals surface area contributed by atoms with Crippen LogP contribution in [0.5, 0.6) is 0 Å². The minimum atomic E-state index is -0.138. The van der Waals surface area contributed by atoms with E-state index in [9.17, 15) is 9.90 Å². The van der Waals surface area contributed by atoms with Gasteiger partial charge in [0.15, 0.2) is 0 Å². The SMILES string of the molecule is CN1CCc2ccccc2/C(=C(\O)c2ccccc2)C1=O. The zero-order valence-electron chi connectivity index (χ0n) is 11.9. The molecule has 0 aliphatic carbocycles. The maximum atomic E-state index is 12.6. The number of likely N-dealkylation sites (N-methyl/N-ethyl adjacent to an activating group) is 1. The number of fused-ring (bicyclic) bond motifs is 1. The first kappa shape index (κ1) is 13.4. The summed E-state index contributed by atoms with van der Waals surface area (Å²) in [5.41, 5.74) is 2.96. The van der Waals surface area contributed by atoms with Crippen molar-refractivity contribution in [1.82, 2.24) is 4.90 Å². The molecule has 3 rings (SSSR count). The minimum absolute atomic E-state index is 0.0433. The molecule has 2 aromatic carbocycles. The molecule has 1 aliphatic rings. The number of hydrogen-bond acceptors (Lipinski definition) is 2. The number of aliphatic hydroxyl groups is 1. The molecule has 0 saturated carbocycles. The lowest BCUT2D eigenvalue weighted by Crippen LogP contribution is -2.27. The van der Waals surface area contributed by atoms with Crippen molar-refractivity contribution in [3.63, 3.8) is 0 Å². The number of hydrogen-bond donors (Lipinski definition) is 1. The highest BCUT2D eigenvalue weighted by molar-refractivity contribution is 6.26. The summed E-state index contributed by atoms with van der Waals surface area (Å²) >= 11 is 0. The van der Waals surface area contributed by atoms with Crippen LogP contribution < -0.4 is 0 Å². The fraction of sp³-hybridized carbons (Fsp3) is 0.167. The average Bonchev–Trinajstić information content (AvgIpc) is 2.65. The lowest BCUT2D eigenvalue weighted by molar-refractivity contribution is -0.123. The van der Waals surface area contributed by atoms with Gasteiger partial charge in [0.1, 0.15) is 5.76 Å². The van der Waals surface area contributed by atoms with E-state index in [0.29, 0.717) is 17.7 Å². The topological polar surface area (TPSA) is 40.5 Å². The maximum Gasteiger partial charge on any atom is 0.258 e. The zero-order chi connectivity index (χ0) is 14.8. The van der Waals surface area contributed by atoms with Crippen molar-refractivity contribution in [3.05, 3.63) is 71.3 Å². The third-order valence-corrected chi connectivity index (χ3v) is 3.85. The molecule has 1 heterocycles. The van der Waals surface area contributed by atoms with Crippen LogP contribution in [-0.4, -0.2) is 29.5 Å². The van der Waals surface area contributed by atoms with E-state index >= 15 is 0 Å². The van der Waals surface area contributed by atoms with Crippen molar-refractivity contribution >= 4 is 17.2 Å². The molecule has 0 spiro atoms. The summed E-state index contributed by atoms with van der Waals surface area (Å²) in [6.45, 7) is 0.654. The summed E-state index contributed by atoms with van der Waals surface area (Å²) in [6.07, 6.45) is 0.796. The Kier molecular flexibility index (Phi) is 3.48. The van der Waals surface area contributed by atoms with Gasteiger partial charge in [-0.05, 0) is 17.5 Å². The molecule has 0 unspecified atom stereocenters. The summed E-state index contributed by atoms with van der Waals surface area (Å²) in [4.78, 5) is 14.3. The molecule has 3 nitrogen and oxygen atoms in total. The van der Waals surface area contributed by atoms with Crippen LogP contribution in [0.1, 0.15) is 16.7 Å². The van der Waals surface area contributed by atoms with Crippen LogP contribution in [0.3, 0.4) is 0 Å². The van der Waals surface area contributed by atoms with Crippen LogP contribution in [0, 0.1) is 0 Å². The molecule has 0 radical (unpaired) electrons. The van der Waals surface area contributed by atoms with E-state index in [2.05, 4.69) is 0 Å². The van der Waals surface area contributed by atoms with Gasteiger partial charge in [0.05, 0.1) is 5.57 Å². The first-order valence-corrected chi connectivity index (χ1v) is 7.01. The molecule has 3 heteroatoms. The van der Waals surface area contributed by atoms with Gasteiger partial charge < -0.3 is 10.0 Å². The highest BCUT2D eigenvalue weighted by atomic mass is 16.3. The van der Waals surface area contributed by atoms with Gasteiger partial charge in [0.25, 0.3) is 5.91 Å². The standard InChI is InChI=1S/C18H17NO2/c1-19-12-11-13-7-5-6-10-15(13)16(18(19)21)17(20)14-8-3-2-4-9-14/h2-10,20H,11-12H2,1H3/b17-16+. The van der Waals surface area contributed by atoms with Crippen molar-refractivity contribution in [1.29, 1.82) is 0 Å². The first-order valence-electron chi connectivity index (χ1n) is 7.01. The summed E-state index contributed by atoms with van der Waals surface area (Å²) in [5, 5.41) is 10.6. The van der Waals surface area contributed by atoms with Crippen LogP contribution in [0.4, 0.5) is 0 Å². The quantitative estimate of drug-likeness (QED) is 0.643. The molecule has 2 aromatic rings. The Hall–Kier alpha value is -2.55. The van der Waals surface area contributed by atoms with Crippen molar-refractivity contribution in [3.8, 4) is 0 Å². The third kappa shape index (κ3) is 2.42. The third-order valence-electron chi connectivity index (χ3n) is 3.85. The smallest absolute Gasteiger partial charge is 0.258 e. The van der Waals surface area contributed by atoms with Crippen LogP contribution >= 0.6 is 0 Å². The van der Waals surface area contributed by atoms with Gasteiger partial charge in [0.2, 0.25) is 0 Å². The molecule has 0 fully saturated rings. The normalized spacial score (nSPS) is 17.2. The van der Waals surface area contributed by atoms with E-state index in [4.69, 9.17) is 0 Å². The molecule has 0 aromatic heterocycles. The number of benzene rings is 2. The molecule has 0 bridgehead atoms. The molecule has 0 saturated heterocycles. The lowest BCUT2D eigenvalue weighted by atomic mass is 9.95. The fourth-order valence-corrected chi connectivity index (χ4v) is 2.65. The predicted octanol–water partition coefficient (Wildman–Crippen LogP) is 3.13. The predicted molar refractivity (Wildman–Crippen MR) is 83.7 cm³/mol. The number of aliphatic hydroxyl groups excluding tert-OH is 1. The monoisotopic (exact) mass is 279 g/mol. The van der Waals surface area contributed by atoms with Crippen LogP contribution in [0.2, 0.25) is 0 Å². The van der Waals surface area contributed by atoms with Gasteiger partial charge in [-0.15, -0.1) is 0 Å². The Bertz CT molecular complexity index is 704. The minimum Gasteiger partial charge on any atom is -0.506 e. The second-order valence-electron chi connectivity index (χ2n) is 5.22. The molecule has 1 aliphatic heterocycles. The Morgan fingerprint density at radius 1 is 1.05 bits per heavy atom. The molecule has 1 N–H and O–H groups in total. The number of carbonyl (C=O) groups is 1. The number of amides is 1. The number of nitrogens with zero attached hydrogens (tertiary/aromatic N) is 1. The molecule has 106 valence electrons. The fourth-order valence-electron chi connectivity index (χ4n) is 2.65. The van der Waals surface area contributed by atoms with E-state index in [0.717, 1.165) is 17.5 Å². The Labute approximate surface area is 124 Å². The van der Waals surface area contributed by atoms with Crippen molar-refractivity contribution < 1.29 is 9.90 Å². The Morgan fingerprint density at radius 2 is 1.71 bits per heavy atom. The van der Waals surface area contributed by atoms with E-state index in [1.165, 1.54) is 0 Å². The van der Waals surface area contributed by atoms with Gasteiger partial charge in [0, 0.05) is 19.2 Å². The van der Waals surface area contributed by atoms with Crippen molar-refractivity contribution in [2.24, 2.45) is 0 Å². The van der Waals surface area contributed by atoms with Crippen molar-refractivity contribution in [2.75, 3.05) is 13.6 Å². The number of rotatable bonds is 1. The largest absolute Gasteiger partial charge is 0.506 e.